The van der Waals surface area contributed by atoms with Crippen molar-refractivity contribution < 1.29 is 17.9 Å². The average Bonchev–Trinajstić information content (AvgIpc) is 2.78. The number of nitrogen functional groups attached to an aromatic ring is 1. The van der Waals surface area contributed by atoms with E-state index in [-0.39, 0.29) is 17.1 Å². The van der Waals surface area contributed by atoms with Gasteiger partial charge in [0.25, 0.3) is 0 Å². The van der Waals surface area contributed by atoms with E-state index in [9.17, 15) is 17.9 Å². The molecular formula is C13H19FN2O3S. The van der Waals surface area contributed by atoms with Gasteiger partial charge in [-0.05, 0) is 31.0 Å². The van der Waals surface area contributed by atoms with E-state index in [1.807, 2.05) is 0 Å². The van der Waals surface area contributed by atoms with Crippen molar-refractivity contribution in [1.29, 1.82) is 0 Å². The van der Waals surface area contributed by atoms with Crippen LogP contribution in [0, 0.1) is 5.82 Å². The Hall–Kier alpha value is -1.18. The molecule has 0 spiro atoms. The minimum atomic E-state index is -3.91. The van der Waals surface area contributed by atoms with Crippen LogP contribution >= 0.6 is 0 Å². The standard InChI is InChI=1S/C13H19FN2O3S/c1-16(9-13(17)6-2-3-7-13)20(18,19)12-8-10(14)4-5-11(12)15/h4-5,8,17H,2-3,6-7,9,15H2,1H3. The third kappa shape index (κ3) is 2.94. The van der Waals surface area contributed by atoms with E-state index in [1.54, 1.807) is 0 Å². The van der Waals surface area contributed by atoms with Crippen LogP contribution in [0.2, 0.25) is 0 Å². The van der Waals surface area contributed by atoms with Gasteiger partial charge in [0.2, 0.25) is 10.0 Å². The first-order chi connectivity index (χ1) is 9.24. The third-order valence-electron chi connectivity index (χ3n) is 3.72. The number of anilines is 1. The molecule has 7 heteroatoms. The van der Waals surface area contributed by atoms with Gasteiger partial charge >= 0.3 is 0 Å². The smallest absolute Gasteiger partial charge is 0.245 e. The second-order valence-electron chi connectivity index (χ2n) is 5.37. The topological polar surface area (TPSA) is 83.6 Å². The number of sulfonamides is 1. The van der Waals surface area contributed by atoms with Crippen LogP contribution in [0.1, 0.15) is 25.7 Å². The summed E-state index contributed by atoms with van der Waals surface area (Å²) in [6.45, 7) is -0.00864. The molecule has 0 unspecified atom stereocenters. The van der Waals surface area contributed by atoms with E-state index in [1.165, 1.54) is 13.1 Å². The summed E-state index contributed by atoms with van der Waals surface area (Å²) in [4.78, 5) is -0.262. The molecule has 1 fully saturated rings. The van der Waals surface area contributed by atoms with E-state index < -0.39 is 21.4 Å². The lowest BCUT2D eigenvalue weighted by Gasteiger charge is -2.28. The molecule has 3 N–H and O–H groups in total. The van der Waals surface area contributed by atoms with Gasteiger partial charge in [-0.2, -0.15) is 4.31 Å². The minimum absolute atomic E-state index is 0.00309. The van der Waals surface area contributed by atoms with Crippen LogP contribution in [0.3, 0.4) is 0 Å². The lowest BCUT2D eigenvalue weighted by Crippen LogP contribution is -2.42. The Morgan fingerprint density at radius 2 is 2.00 bits per heavy atom. The summed E-state index contributed by atoms with van der Waals surface area (Å²) in [5.74, 6) is -0.661. The number of rotatable bonds is 4. The quantitative estimate of drug-likeness (QED) is 0.822. The predicted octanol–water partition coefficient (Wildman–Crippen LogP) is 1.33. The van der Waals surface area contributed by atoms with Gasteiger partial charge in [0, 0.05) is 13.6 Å². The molecule has 0 bridgehead atoms. The Morgan fingerprint density at radius 1 is 1.40 bits per heavy atom. The number of nitrogens with two attached hydrogens (primary N) is 1. The van der Waals surface area contributed by atoms with E-state index in [0.29, 0.717) is 12.8 Å². The van der Waals surface area contributed by atoms with Crippen LogP contribution in [0.5, 0.6) is 0 Å². The number of aliphatic hydroxyl groups is 1. The molecule has 112 valence electrons. The number of halogens is 1. The second kappa shape index (κ2) is 5.31. The van der Waals surface area contributed by atoms with Crippen LogP contribution in [0.4, 0.5) is 10.1 Å². The minimum Gasteiger partial charge on any atom is -0.398 e. The first kappa shape index (κ1) is 15.2. The first-order valence-corrected chi connectivity index (χ1v) is 7.92. The molecule has 0 heterocycles. The molecule has 5 nitrogen and oxygen atoms in total. The molecule has 1 saturated carbocycles. The predicted molar refractivity (Wildman–Crippen MR) is 74.0 cm³/mol. The number of hydrogen-bond donors (Lipinski definition) is 2. The molecule has 20 heavy (non-hydrogen) atoms. The van der Waals surface area contributed by atoms with Crippen LogP contribution < -0.4 is 5.73 Å². The van der Waals surface area contributed by atoms with E-state index >= 15 is 0 Å². The largest absolute Gasteiger partial charge is 0.398 e. The van der Waals surface area contributed by atoms with Gasteiger partial charge in [-0.25, -0.2) is 12.8 Å². The molecule has 1 aliphatic rings. The summed E-state index contributed by atoms with van der Waals surface area (Å²) < 4.78 is 39.1. The summed E-state index contributed by atoms with van der Waals surface area (Å²) in [6.07, 6.45) is 2.91. The van der Waals surface area contributed by atoms with Crippen molar-refractivity contribution in [2.24, 2.45) is 0 Å². The van der Waals surface area contributed by atoms with Crippen molar-refractivity contribution in [3.05, 3.63) is 24.0 Å². The summed E-state index contributed by atoms with van der Waals surface area (Å²) in [6, 6.07) is 3.24. The zero-order valence-electron chi connectivity index (χ0n) is 11.3. The van der Waals surface area contributed by atoms with Gasteiger partial charge in [0.1, 0.15) is 10.7 Å². The number of hydrogen-bond acceptors (Lipinski definition) is 4. The van der Waals surface area contributed by atoms with Crippen LogP contribution in [-0.4, -0.2) is 37.0 Å². The Morgan fingerprint density at radius 3 is 2.60 bits per heavy atom. The summed E-state index contributed by atoms with van der Waals surface area (Å²) in [5.41, 5.74) is 4.62. The van der Waals surface area contributed by atoms with Crippen molar-refractivity contribution >= 4 is 15.7 Å². The highest BCUT2D eigenvalue weighted by molar-refractivity contribution is 7.89. The fourth-order valence-electron chi connectivity index (χ4n) is 2.59. The molecule has 0 radical (unpaired) electrons. The maximum atomic E-state index is 13.2. The van der Waals surface area contributed by atoms with Gasteiger partial charge < -0.3 is 10.8 Å². The Bertz CT molecular complexity index is 598. The Labute approximate surface area is 118 Å². The lowest BCUT2D eigenvalue weighted by molar-refractivity contribution is 0.0333. The SMILES string of the molecule is CN(CC1(O)CCCC1)S(=O)(=O)c1cc(F)ccc1N. The Kier molecular flexibility index (Phi) is 4.04. The first-order valence-electron chi connectivity index (χ1n) is 6.48. The van der Waals surface area contributed by atoms with Crippen molar-refractivity contribution in [1.82, 2.24) is 4.31 Å². The molecule has 2 rings (SSSR count). The number of likely N-dealkylation sites (N-methyl/N-ethyl adjacent to an activating group) is 1. The Balaban J connectivity index is 2.27. The highest BCUT2D eigenvalue weighted by atomic mass is 32.2. The van der Waals surface area contributed by atoms with Crippen molar-refractivity contribution in [3.63, 3.8) is 0 Å². The summed E-state index contributed by atoms with van der Waals surface area (Å²) >= 11 is 0. The van der Waals surface area contributed by atoms with E-state index in [2.05, 4.69) is 0 Å². The molecular weight excluding hydrogens is 283 g/mol. The molecule has 0 atom stereocenters. The zero-order chi connectivity index (χ0) is 15.0. The number of nitrogens with zero attached hydrogens (tertiary/aromatic N) is 1. The highest BCUT2D eigenvalue weighted by Crippen LogP contribution is 2.32. The van der Waals surface area contributed by atoms with Crippen LogP contribution in [0.25, 0.3) is 0 Å². The van der Waals surface area contributed by atoms with Gasteiger partial charge in [-0.3, -0.25) is 0 Å². The summed E-state index contributed by atoms with van der Waals surface area (Å²) in [5, 5.41) is 10.3. The lowest BCUT2D eigenvalue weighted by atomic mass is 10.0. The van der Waals surface area contributed by atoms with Crippen molar-refractivity contribution in [3.8, 4) is 0 Å². The van der Waals surface area contributed by atoms with E-state index in [0.717, 1.165) is 29.3 Å². The average molecular weight is 302 g/mol. The maximum absolute atomic E-state index is 13.2. The van der Waals surface area contributed by atoms with Gasteiger partial charge in [-0.15, -0.1) is 0 Å². The molecule has 0 amide bonds. The highest BCUT2D eigenvalue weighted by Gasteiger charge is 2.36. The van der Waals surface area contributed by atoms with Gasteiger partial charge in [0.15, 0.2) is 0 Å². The van der Waals surface area contributed by atoms with Crippen LogP contribution in [0.15, 0.2) is 23.1 Å². The molecule has 1 aromatic rings. The second-order valence-corrected chi connectivity index (χ2v) is 7.39. The van der Waals surface area contributed by atoms with Crippen molar-refractivity contribution in [2.45, 2.75) is 36.2 Å². The molecule has 0 aromatic heterocycles. The molecule has 1 aliphatic carbocycles. The fraction of sp³-hybridized carbons (Fsp3) is 0.538. The molecule has 0 aliphatic heterocycles. The fourth-order valence-corrected chi connectivity index (χ4v) is 3.96. The van der Waals surface area contributed by atoms with Crippen molar-refractivity contribution in [2.75, 3.05) is 19.3 Å². The van der Waals surface area contributed by atoms with Crippen LogP contribution in [-0.2, 0) is 10.0 Å². The third-order valence-corrected chi connectivity index (χ3v) is 5.57. The maximum Gasteiger partial charge on any atom is 0.245 e. The number of benzene rings is 1. The molecule has 0 saturated heterocycles. The zero-order valence-corrected chi connectivity index (χ0v) is 12.2. The van der Waals surface area contributed by atoms with Gasteiger partial charge in [-0.1, -0.05) is 12.8 Å². The van der Waals surface area contributed by atoms with E-state index in [4.69, 9.17) is 5.73 Å². The van der Waals surface area contributed by atoms with Gasteiger partial charge in [0.05, 0.1) is 11.3 Å². The monoisotopic (exact) mass is 302 g/mol. The normalized spacial score (nSPS) is 18.6. The molecule has 1 aromatic carbocycles. The summed E-state index contributed by atoms with van der Waals surface area (Å²) in [7, 11) is -2.54.